The van der Waals surface area contributed by atoms with Gasteiger partial charge in [0, 0.05) is 31.6 Å². The van der Waals surface area contributed by atoms with Gasteiger partial charge in [0.25, 0.3) is 0 Å². The number of amides is 4. The number of carboxylic acids is 1. The molecule has 0 fully saturated rings. The number of hydrogen-bond donors (Lipinski definition) is 3. The molecule has 0 saturated heterocycles. The first-order valence-corrected chi connectivity index (χ1v) is 16.6. The lowest BCUT2D eigenvalue weighted by Gasteiger charge is -2.42. The first kappa shape index (κ1) is 43.6. The second kappa shape index (κ2) is 17.0. The maximum absolute atomic E-state index is 14.2. The van der Waals surface area contributed by atoms with Crippen molar-refractivity contribution in [2.24, 2.45) is 5.41 Å². The molecule has 280 valence electrons. The normalized spacial score (nSPS) is 14.4. The van der Waals surface area contributed by atoms with E-state index in [1.54, 1.807) is 62.3 Å². The van der Waals surface area contributed by atoms with Crippen LogP contribution < -0.4 is 10.6 Å². The molecule has 0 aliphatic carbocycles. The van der Waals surface area contributed by atoms with Gasteiger partial charge >= 0.3 is 18.0 Å². The molecule has 0 heterocycles. The van der Waals surface area contributed by atoms with Gasteiger partial charge in [-0.3, -0.25) is 24.1 Å². The number of esters is 1. The Bertz CT molecular complexity index is 1420. The Morgan fingerprint density at radius 3 is 1.80 bits per heavy atom. The van der Waals surface area contributed by atoms with Crippen molar-refractivity contribution in [1.82, 2.24) is 20.4 Å². The van der Waals surface area contributed by atoms with Crippen LogP contribution in [0.15, 0.2) is 42.0 Å². The van der Waals surface area contributed by atoms with Crippen LogP contribution in [0.2, 0.25) is 0 Å². The maximum atomic E-state index is 14.2. The number of likely N-dealkylation sites (N-methyl/N-ethyl adjacent to an activating group) is 2. The third-order valence-corrected chi connectivity index (χ3v) is 7.72. The van der Waals surface area contributed by atoms with E-state index in [0.717, 1.165) is 5.56 Å². The van der Waals surface area contributed by atoms with Gasteiger partial charge in [-0.1, -0.05) is 71.0 Å². The molecule has 1 aromatic rings. The predicted octanol–water partition coefficient (Wildman–Crippen LogP) is 4.44. The summed E-state index contributed by atoms with van der Waals surface area (Å²) in [6.07, 6.45) is 0.175. The summed E-state index contributed by atoms with van der Waals surface area (Å²) >= 11 is 0. The van der Waals surface area contributed by atoms with Crippen molar-refractivity contribution in [3.63, 3.8) is 0 Å². The fraction of sp³-hybridized carbons (Fsp3) is 0.622. The standard InChI is InChI=1S/C37H58N4O9/c1-23(29(43)38-25(32(46)47)22-26(42)49-35(5,6)7)20-21-40(13)31(45)27(34(2,3)4)39-30(44)28(41(14)33(48)50-36(8,9)10)37(11,12)24-18-16-15-17-19-24/h15-20,25,27-28H,21-22H2,1-14H3,(H,38,43)(H,39,44)(H,46,47)/b23-20+/t25-,27?,28+/m0/s1. The van der Waals surface area contributed by atoms with Crippen molar-refractivity contribution < 1.29 is 43.3 Å². The fourth-order valence-electron chi connectivity index (χ4n) is 5.02. The third kappa shape index (κ3) is 13.5. The summed E-state index contributed by atoms with van der Waals surface area (Å²) in [5, 5.41) is 14.8. The quantitative estimate of drug-likeness (QED) is 0.199. The number of rotatable bonds is 13. The zero-order chi connectivity index (χ0) is 39.0. The van der Waals surface area contributed by atoms with E-state index >= 15 is 0 Å². The molecule has 1 unspecified atom stereocenters. The van der Waals surface area contributed by atoms with Crippen molar-refractivity contribution in [3.8, 4) is 0 Å². The highest BCUT2D eigenvalue weighted by Gasteiger charge is 2.45. The van der Waals surface area contributed by atoms with Crippen molar-refractivity contribution in [2.75, 3.05) is 20.6 Å². The summed E-state index contributed by atoms with van der Waals surface area (Å²) in [4.78, 5) is 80.8. The number of hydrogen-bond acceptors (Lipinski definition) is 8. The van der Waals surface area contributed by atoms with Gasteiger partial charge in [0.2, 0.25) is 17.7 Å². The smallest absolute Gasteiger partial charge is 0.410 e. The summed E-state index contributed by atoms with van der Waals surface area (Å²) < 4.78 is 10.8. The molecule has 4 amide bonds. The molecule has 13 heteroatoms. The Balaban J connectivity index is 3.29. The van der Waals surface area contributed by atoms with Gasteiger partial charge in [0.15, 0.2) is 0 Å². The van der Waals surface area contributed by atoms with Crippen LogP contribution in [0.1, 0.15) is 95.1 Å². The van der Waals surface area contributed by atoms with E-state index in [0.29, 0.717) is 0 Å². The lowest BCUT2D eigenvalue weighted by atomic mass is 9.76. The number of aliphatic carboxylic acids is 1. The van der Waals surface area contributed by atoms with Gasteiger partial charge < -0.3 is 30.1 Å². The zero-order valence-corrected chi connectivity index (χ0v) is 32.2. The minimum atomic E-state index is -1.52. The Labute approximate surface area is 297 Å². The van der Waals surface area contributed by atoms with Crippen LogP contribution in [-0.4, -0.2) is 101 Å². The molecular formula is C37H58N4O9. The number of carbonyl (C=O) groups excluding carboxylic acids is 5. The Kier molecular flexibility index (Phi) is 14.8. The van der Waals surface area contributed by atoms with E-state index in [-0.39, 0.29) is 12.1 Å². The van der Waals surface area contributed by atoms with Gasteiger partial charge in [0.1, 0.15) is 29.3 Å². The van der Waals surface area contributed by atoms with E-state index in [9.17, 15) is 33.9 Å². The molecule has 3 N–H and O–H groups in total. The van der Waals surface area contributed by atoms with Crippen molar-refractivity contribution in [3.05, 3.63) is 47.5 Å². The van der Waals surface area contributed by atoms with Crippen LogP contribution in [0, 0.1) is 5.41 Å². The molecule has 1 aromatic carbocycles. The average molecular weight is 703 g/mol. The van der Waals surface area contributed by atoms with E-state index < -0.39 is 82.3 Å². The maximum Gasteiger partial charge on any atom is 0.410 e. The molecule has 0 bridgehead atoms. The molecule has 13 nitrogen and oxygen atoms in total. The second-order valence-electron chi connectivity index (χ2n) is 16.1. The van der Waals surface area contributed by atoms with E-state index in [4.69, 9.17) is 9.47 Å². The van der Waals surface area contributed by atoms with Crippen molar-refractivity contribution in [2.45, 2.75) is 124 Å². The molecule has 1 rings (SSSR count). The van der Waals surface area contributed by atoms with Crippen molar-refractivity contribution >= 4 is 35.8 Å². The summed E-state index contributed by atoms with van der Waals surface area (Å²) in [5.41, 5.74) is -2.43. The highest BCUT2D eigenvalue weighted by molar-refractivity contribution is 5.96. The first-order chi connectivity index (χ1) is 22.6. The number of nitrogens with one attached hydrogen (secondary N) is 2. The first-order valence-electron chi connectivity index (χ1n) is 16.6. The number of carbonyl (C=O) groups is 6. The third-order valence-electron chi connectivity index (χ3n) is 7.72. The van der Waals surface area contributed by atoms with Crippen molar-refractivity contribution in [1.29, 1.82) is 0 Å². The summed E-state index contributed by atoms with van der Waals surface area (Å²) in [7, 11) is 3.00. The molecule has 0 aliphatic heterocycles. The predicted molar refractivity (Wildman–Crippen MR) is 190 cm³/mol. The molecule has 0 aromatic heterocycles. The SMILES string of the molecule is C/C(=C\CN(C)C(=O)C(NC(=O)[C@@H](N(C)C(=O)OC(C)(C)C)C(C)(C)c1ccccc1)C(C)(C)C)C(=O)N[C@@H](CC(=O)OC(C)(C)C)C(=O)O. The highest BCUT2D eigenvalue weighted by atomic mass is 16.6. The summed E-state index contributed by atoms with van der Waals surface area (Å²) in [6, 6.07) is 5.61. The van der Waals surface area contributed by atoms with Crippen LogP contribution >= 0.6 is 0 Å². The van der Waals surface area contributed by atoms with Crippen LogP contribution in [0.25, 0.3) is 0 Å². The molecule has 0 aliphatic rings. The molecule has 0 radical (unpaired) electrons. The van der Waals surface area contributed by atoms with Crippen LogP contribution in [0.4, 0.5) is 4.79 Å². The minimum absolute atomic E-state index is 0.0545. The van der Waals surface area contributed by atoms with Crippen LogP contribution in [0.5, 0.6) is 0 Å². The Morgan fingerprint density at radius 1 is 0.820 bits per heavy atom. The number of benzene rings is 1. The van der Waals surface area contributed by atoms with Crippen LogP contribution in [-0.2, 0) is 38.9 Å². The summed E-state index contributed by atoms with van der Waals surface area (Å²) in [5.74, 6) is -3.94. The largest absolute Gasteiger partial charge is 0.480 e. The highest BCUT2D eigenvalue weighted by Crippen LogP contribution is 2.32. The molecule has 0 saturated carbocycles. The molecular weight excluding hydrogens is 644 g/mol. The Morgan fingerprint density at radius 2 is 1.34 bits per heavy atom. The van der Waals surface area contributed by atoms with Gasteiger partial charge in [0.05, 0.1) is 6.42 Å². The van der Waals surface area contributed by atoms with Gasteiger partial charge in [-0.15, -0.1) is 0 Å². The van der Waals surface area contributed by atoms with Gasteiger partial charge in [-0.05, 0) is 59.4 Å². The second-order valence-corrected chi connectivity index (χ2v) is 16.1. The Hall–Kier alpha value is -4.42. The van der Waals surface area contributed by atoms with Gasteiger partial charge in [-0.2, -0.15) is 0 Å². The van der Waals surface area contributed by atoms with E-state index in [2.05, 4.69) is 10.6 Å². The number of ether oxygens (including phenoxy) is 2. The fourth-order valence-corrected chi connectivity index (χ4v) is 5.02. The molecule has 50 heavy (non-hydrogen) atoms. The number of nitrogens with zero attached hydrogens (tertiary/aromatic N) is 2. The average Bonchev–Trinajstić information content (AvgIpc) is 2.95. The zero-order valence-electron chi connectivity index (χ0n) is 32.2. The summed E-state index contributed by atoms with van der Waals surface area (Å²) in [6.45, 7) is 20.6. The molecule has 0 spiro atoms. The monoisotopic (exact) mass is 702 g/mol. The van der Waals surface area contributed by atoms with Gasteiger partial charge in [-0.25, -0.2) is 9.59 Å². The van der Waals surface area contributed by atoms with E-state index in [1.807, 2.05) is 44.2 Å². The lowest BCUT2D eigenvalue weighted by Crippen LogP contribution is -2.62. The van der Waals surface area contributed by atoms with E-state index in [1.165, 1.54) is 36.9 Å². The topological polar surface area (TPSA) is 172 Å². The lowest BCUT2D eigenvalue weighted by molar-refractivity contribution is -0.158. The molecule has 3 atom stereocenters. The minimum Gasteiger partial charge on any atom is -0.480 e. The van der Waals surface area contributed by atoms with Crippen LogP contribution in [0.3, 0.4) is 0 Å². The number of carboxylic acid groups (broad SMARTS) is 1.